The van der Waals surface area contributed by atoms with Gasteiger partial charge in [0.15, 0.2) is 0 Å². The number of hydrogen-bond acceptors (Lipinski definition) is 5. The normalized spacial score (nSPS) is 11.8. The molecule has 0 radical (unpaired) electrons. The summed E-state index contributed by atoms with van der Waals surface area (Å²) in [5, 5.41) is 3.32. The number of nitrogens with one attached hydrogen (secondary N) is 1. The van der Waals surface area contributed by atoms with Gasteiger partial charge in [-0.3, -0.25) is 4.79 Å². The van der Waals surface area contributed by atoms with Gasteiger partial charge in [0, 0.05) is 10.9 Å². The van der Waals surface area contributed by atoms with Crippen LogP contribution in [-0.2, 0) is 16.0 Å². The Labute approximate surface area is 151 Å². The lowest BCUT2D eigenvalue weighted by atomic mass is 9.93. The average Bonchev–Trinajstić information content (AvgIpc) is 2.62. The fourth-order valence-electron chi connectivity index (χ4n) is 2.43. The van der Waals surface area contributed by atoms with Crippen LogP contribution in [0.4, 0.5) is 11.4 Å². The molecule has 1 aromatic heterocycles. The molecule has 0 spiro atoms. The zero-order valence-corrected chi connectivity index (χ0v) is 15.8. The average molecular weight is 392 g/mol. The summed E-state index contributed by atoms with van der Waals surface area (Å²) in [6, 6.07) is 6.07. The Kier molecular flexibility index (Phi) is 6.73. The van der Waals surface area contributed by atoms with Gasteiger partial charge in [-0.15, -0.1) is 0 Å². The molecule has 0 aliphatic carbocycles. The van der Waals surface area contributed by atoms with Crippen LogP contribution in [-0.4, -0.2) is 23.0 Å². The van der Waals surface area contributed by atoms with E-state index in [1.54, 1.807) is 12.4 Å². The summed E-state index contributed by atoms with van der Waals surface area (Å²) >= 11 is 3.56. The Morgan fingerprint density at radius 1 is 1.29 bits per heavy atom. The van der Waals surface area contributed by atoms with Crippen molar-refractivity contribution in [2.75, 3.05) is 12.4 Å². The number of hydrogen-bond donors (Lipinski definition) is 1. The molecule has 0 fully saturated rings. The number of carbonyl (C=O) groups excluding carboxylic acids is 1. The van der Waals surface area contributed by atoms with Gasteiger partial charge in [0.2, 0.25) is 0 Å². The van der Waals surface area contributed by atoms with Crippen LogP contribution in [0, 0.1) is 0 Å². The molecule has 128 valence electrons. The molecule has 1 aromatic carbocycles. The summed E-state index contributed by atoms with van der Waals surface area (Å²) in [5.74, 6) is 0.755. The van der Waals surface area contributed by atoms with Crippen molar-refractivity contribution in [1.82, 2.24) is 9.97 Å². The van der Waals surface area contributed by atoms with Crippen molar-refractivity contribution >= 4 is 33.3 Å². The lowest BCUT2D eigenvalue weighted by Crippen LogP contribution is -2.08. The summed E-state index contributed by atoms with van der Waals surface area (Å²) in [4.78, 5) is 20.2. The summed E-state index contributed by atoms with van der Waals surface area (Å²) in [6.45, 7) is 4.09. The predicted octanol–water partition coefficient (Wildman–Crippen LogP) is 4.60. The van der Waals surface area contributed by atoms with Crippen molar-refractivity contribution in [2.45, 2.75) is 39.0 Å². The van der Waals surface area contributed by atoms with Crippen LogP contribution in [0.5, 0.6) is 0 Å². The van der Waals surface area contributed by atoms with Gasteiger partial charge in [-0.1, -0.05) is 19.9 Å². The monoisotopic (exact) mass is 391 g/mol. The summed E-state index contributed by atoms with van der Waals surface area (Å²) < 4.78 is 5.74. The molecule has 2 aromatic rings. The first kappa shape index (κ1) is 18.4. The first-order chi connectivity index (χ1) is 11.6. The summed E-state index contributed by atoms with van der Waals surface area (Å²) in [7, 11) is 1.42. The molecule has 1 N–H and O–H groups in total. The Balaban J connectivity index is 2.21. The maximum atomic E-state index is 11.6. The highest BCUT2D eigenvalue weighted by atomic mass is 79.9. The van der Waals surface area contributed by atoms with Gasteiger partial charge in [0.05, 0.1) is 37.3 Å². The van der Waals surface area contributed by atoms with Gasteiger partial charge in [-0.05, 0) is 46.0 Å². The molecule has 0 saturated carbocycles. The first-order valence-electron chi connectivity index (χ1n) is 8.01. The number of ether oxygens (including phenoxy) is 1. The molecule has 0 bridgehead atoms. The third kappa shape index (κ3) is 4.77. The number of anilines is 2. The molecule has 1 unspecified atom stereocenters. The van der Waals surface area contributed by atoms with Crippen LogP contribution in [0.15, 0.2) is 35.1 Å². The molecule has 6 heteroatoms. The van der Waals surface area contributed by atoms with Gasteiger partial charge < -0.3 is 10.1 Å². The van der Waals surface area contributed by atoms with Crippen LogP contribution < -0.4 is 5.32 Å². The Hall–Kier alpha value is -1.95. The lowest BCUT2D eigenvalue weighted by Gasteiger charge is -2.17. The summed E-state index contributed by atoms with van der Waals surface area (Å²) in [6.07, 6.45) is 5.60. The Morgan fingerprint density at radius 2 is 2.00 bits per heavy atom. The molecule has 0 aliphatic rings. The van der Waals surface area contributed by atoms with E-state index in [0.717, 1.165) is 40.1 Å². The fourth-order valence-corrected chi connectivity index (χ4v) is 2.78. The molecule has 0 amide bonds. The van der Waals surface area contributed by atoms with Crippen molar-refractivity contribution in [1.29, 1.82) is 0 Å². The van der Waals surface area contributed by atoms with Crippen molar-refractivity contribution in [2.24, 2.45) is 0 Å². The molecular formula is C18H22BrN3O2. The third-order valence-corrected chi connectivity index (χ3v) is 4.59. The number of carbonyl (C=O) groups is 1. The fraction of sp³-hybridized carbons (Fsp3) is 0.389. The molecule has 24 heavy (non-hydrogen) atoms. The Morgan fingerprint density at radius 3 is 2.58 bits per heavy atom. The molecule has 2 rings (SSSR count). The number of benzene rings is 1. The number of methoxy groups -OCH3 is 1. The standard InChI is InChI=1S/C18H22BrN3O2/c1-4-12(9-18(23)24-3)13-6-7-15(19)16(8-13)22-14-10-20-17(5-2)21-11-14/h6-8,10-12,22H,4-5,9H2,1-3H3. The second kappa shape index (κ2) is 8.78. The molecule has 1 heterocycles. The molecular weight excluding hydrogens is 370 g/mol. The van der Waals surface area contributed by atoms with Crippen molar-refractivity contribution in [3.05, 3.63) is 46.5 Å². The van der Waals surface area contributed by atoms with Crippen molar-refractivity contribution in [3.63, 3.8) is 0 Å². The minimum atomic E-state index is -0.192. The van der Waals surface area contributed by atoms with Gasteiger partial charge in [0.25, 0.3) is 0 Å². The number of aryl methyl sites for hydroxylation is 1. The second-order valence-corrected chi connectivity index (χ2v) is 6.35. The van der Waals surface area contributed by atoms with E-state index in [-0.39, 0.29) is 11.9 Å². The van der Waals surface area contributed by atoms with E-state index in [1.807, 2.05) is 19.1 Å². The second-order valence-electron chi connectivity index (χ2n) is 5.49. The highest BCUT2D eigenvalue weighted by molar-refractivity contribution is 9.10. The topological polar surface area (TPSA) is 64.1 Å². The summed E-state index contributed by atoms with van der Waals surface area (Å²) in [5.41, 5.74) is 2.84. The van der Waals surface area contributed by atoms with E-state index < -0.39 is 0 Å². The molecule has 1 atom stereocenters. The van der Waals surface area contributed by atoms with Crippen LogP contribution >= 0.6 is 15.9 Å². The van der Waals surface area contributed by atoms with E-state index in [2.05, 4.69) is 44.2 Å². The quantitative estimate of drug-likeness (QED) is 0.698. The van der Waals surface area contributed by atoms with E-state index in [0.29, 0.717) is 6.42 Å². The van der Waals surface area contributed by atoms with Crippen LogP contribution in [0.1, 0.15) is 44.0 Å². The smallest absolute Gasteiger partial charge is 0.306 e. The van der Waals surface area contributed by atoms with E-state index >= 15 is 0 Å². The first-order valence-corrected chi connectivity index (χ1v) is 8.80. The number of esters is 1. The Bertz CT molecular complexity index is 689. The maximum Gasteiger partial charge on any atom is 0.306 e. The third-order valence-electron chi connectivity index (χ3n) is 3.90. The number of halogens is 1. The molecule has 5 nitrogen and oxygen atoms in total. The minimum absolute atomic E-state index is 0.129. The van der Waals surface area contributed by atoms with E-state index in [4.69, 9.17) is 4.74 Å². The van der Waals surface area contributed by atoms with Crippen molar-refractivity contribution < 1.29 is 9.53 Å². The number of rotatable bonds is 7. The van der Waals surface area contributed by atoms with Crippen LogP contribution in [0.3, 0.4) is 0 Å². The van der Waals surface area contributed by atoms with Crippen molar-refractivity contribution in [3.8, 4) is 0 Å². The van der Waals surface area contributed by atoms with Crippen LogP contribution in [0.25, 0.3) is 0 Å². The molecule has 0 aliphatic heterocycles. The maximum absolute atomic E-state index is 11.6. The molecule has 0 saturated heterocycles. The lowest BCUT2D eigenvalue weighted by molar-refractivity contribution is -0.141. The highest BCUT2D eigenvalue weighted by Crippen LogP contribution is 2.32. The van der Waals surface area contributed by atoms with Gasteiger partial charge in [0.1, 0.15) is 5.82 Å². The number of nitrogens with zero attached hydrogens (tertiary/aromatic N) is 2. The zero-order chi connectivity index (χ0) is 17.5. The van der Waals surface area contributed by atoms with Crippen LogP contribution in [0.2, 0.25) is 0 Å². The van der Waals surface area contributed by atoms with E-state index in [9.17, 15) is 4.79 Å². The zero-order valence-electron chi connectivity index (χ0n) is 14.2. The SMILES string of the molecule is CCc1ncc(Nc2cc(C(CC)CC(=O)OC)ccc2Br)cn1. The largest absolute Gasteiger partial charge is 0.469 e. The number of aromatic nitrogens is 2. The van der Waals surface area contributed by atoms with Gasteiger partial charge in [-0.2, -0.15) is 0 Å². The van der Waals surface area contributed by atoms with E-state index in [1.165, 1.54) is 7.11 Å². The minimum Gasteiger partial charge on any atom is -0.469 e. The predicted molar refractivity (Wildman–Crippen MR) is 98.5 cm³/mol. The van der Waals surface area contributed by atoms with Gasteiger partial charge >= 0.3 is 5.97 Å². The van der Waals surface area contributed by atoms with Gasteiger partial charge in [-0.25, -0.2) is 9.97 Å². The highest BCUT2D eigenvalue weighted by Gasteiger charge is 2.16.